The second-order valence-electron chi connectivity index (χ2n) is 8.24. The van der Waals surface area contributed by atoms with Crippen molar-refractivity contribution < 1.29 is 5.11 Å². The van der Waals surface area contributed by atoms with E-state index in [9.17, 15) is 5.11 Å². The van der Waals surface area contributed by atoms with E-state index in [4.69, 9.17) is 21.5 Å². The molecule has 1 fully saturated rings. The molecule has 10 heteroatoms. The molecule has 0 bridgehead atoms. The third-order valence-electron chi connectivity index (χ3n) is 6.04. The van der Waals surface area contributed by atoms with Gasteiger partial charge in [-0.2, -0.15) is 5.10 Å². The van der Waals surface area contributed by atoms with E-state index in [0.717, 1.165) is 53.7 Å². The van der Waals surface area contributed by atoms with Crippen LogP contribution in [0.3, 0.4) is 0 Å². The fourth-order valence-corrected chi connectivity index (χ4v) is 4.35. The Hall–Kier alpha value is -3.89. The van der Waals surface area contributed by atoms with Gasteiger partial charge in [0.05, 0.1) is 28.0 Å². The Kier molecular flexibility index (Phi) is 5.23. The third-order valence-corrected chi connectivity index (χ3v) is 6.04. The van der Waals surface area contributed by atoms with Crippen molar-refractivity contribution in [3.8, 4) is 17.1 Å². The highest BCUT2D eigenvalue weighted by molar-refractivity contribution is 5.95. The predicted molar refractivity (Wildman–Crippen MR) is 130 cm³/mol. The highest BCUT2D eigenvalue weighted by Gasteiger charge is 2.19. The first-order valence-electron chi connectivity index (χ1n) is 10.8. The molecule has 0 amide bonds. The molecule has 4 aromatic rings. The van der Waals surface area contributed by atoms with E-state index in [1.807, 2.05) is 32.3 Å². The number of phenols is 1. The SMILES string of the molecule is Cc1c(O)c(-c2nc(/C(N)=C/NN)c3cc(N4CCNCC4)ccc3n2)cc2cn(C)nc12. The predicted octanol–water partition coefficient (Wildman–Crippen LogP) is 1.33. The molecule has 33 heavy (non-hydrogen) atoms. The number of phenolic OH excluding ortho intramolecular Hbond substituents is 1. The Labute approximate surface area is 190 Å². The van der Waals surface area contributed by atoms with Crippen LogP contribution in [0.15, 0.2) is 36.7 Å². The molecule has 7 N–H and O–H groups in total. The summed E-state index contributed by atoms with van der Waals surface area (Å²) in [5, 5.41) is 20.5. The number of hydrogen-bond acceptors (Lipinski definition) is 9. The second-order valence-corrected chi connectivity index (χ2v) is 8.24. The molecule has 0 radical (unpaired) electrons. The zero-order valence-electron chi connectivity index (χ0n) is 18.6. The largest absolute Gasteiger partial charge is 0.507 e. The van der Waals surface area contributed by atoms with E-state index in [-0.39, 0.29) is 5.75 Å². The maximum absolute atomic E-state index is 11.0. The van der Waals surface area contributed by atoms with Gasteiger partial charge in [-0.05, 0) is 31.2 Å². The number of nitrogens with two attached hydrogens (primary N) is 2. The zero-order chi connectivity index (χ0) is 23.1. The van der Waals surface area contributed by atoms with Crippen LogP contribution in [0.5, 0.6) is 5.75 Å². The smallest absolute Gasteiger partial charge is 0.164 e. The molecular formula is C23H27N9O. The lowest BCUT2D eigenvalue weighted by Crippen LogP contribution is -2.43. The summed E-state index contributed by atoms with van der Waals surface area (Å²) < 4.78 is 1.72. The topological polar surface area (TPSA) is 143 Å². The molecule has 1 aliphatic rings. The van der Waals surface area contributed by atoms with Gasteiger partial charge in [-0.25, -0.2) is 9.97 Å². The summed E-state index contributed by atoms with van der Waals surface area (Å²) in [4.78, 5) is 11.9. The molecule has 1 saturated heterocycles. The molecule has 1 aliphatic heterocycles. The number of anilines is 1. The number of nitrogens with one attached hydrogen (secondary N) is 2. The van der Waals surface area contributed by atoms with Crippen molar-refractivity contribution in [2.75, 3.05) is 31.1 Å². The maximum atomic E-state index is 11.0. The quantitative estimate of drug-likeness (QED) is 0.232. The number of aromatic nitrogens is 4. The van der Waals surface area contributed by atoms with E-state index in [0.29, 0.717) is 28.3 Å². The first-order valence-corrected chi connectivity index (χ1v) is 10.8. The number of hydrazine groups is 1. The molecule has 10 nitrogen and oxygen atoms in total. The van der Waals surface area contributed by atoms with E-state index in [2.05, 4.69) is 32.9 Å². The highest BCUT2D eigenvalue weighted by atomic mass is 16.3. The van der Waals surface area contributed by atoms with Crippen molar-refractivity contribution in [2.45, 2.75) is 6.92 Å². The number of rotatable bonds is 4. The Balaban J connectivity index is 1.72. The molecule has 0 aliphatic carbocycles. The standard InChI is InChI=1S/C23H27N9O/c1-13-20-14(12-31(2)30-20)9-17(22(13)33)23-28-19-4-3-15(32-7-5-26-6-8-32)10-16(19)21(29-23)18(24)11-27-25/h3-4,9-12,26-27,33H,5-8,24-25H2,1-2H3/b18-11-. The van der Waals surface area contributed by atoms with Crippen molar-refractivity contribution in [1.29, 1.82) is 0 Å². The van der Waals surface area contributed by atoms with Crippen LogP contribution in [0.4, 0.5) is 5.69 Å². The van der Waals surface area contributed by atoms with Crippen molar-refractivity contribution in [2.24, 2.45) is 18.6 Å². The average molecular weight is 446 g/mol. The van der Waals surface area contributed by atoms with Crippen LogP contribution in [0.25, 0.3) is 38.9 Å². The monoisotopic (exact) mass is 445 g/mol. The van der Waals surface area contributed by atoms with E-state index < -0.39 is 0 Å². The molecule has 2 aromatic carbocycles. The van der Waals surface area contributed by atoms with Gasteiger partial charge in [-0.15, -0.1) is 0 Å². The lowest BCUT2D eigenvalue weighted by molar-refractivity contribution is 0.473. The minimum absolute atomic E-state index is 0.100. The van der Waals surface area contributed by atoms with Crippen molar-refractivity contribution in [3.63, 3.8) is 0 Å². The Morgan fingerprint density at radius 3 is 2.76 bits per heavy atom. The van der Waals surface area contributed by atoms with Crippen LogP contribution in [-0.4, -0.2) is 51.0 Å². The molecule has 170 valence electrons. The summed E-state index contributed by atoms with van der Waals surface area (Å²) in [6.45, 7) is 5.56. The minimum atomic E-state index is 0.100. The summed E-state index contributed by atoms with van der Waals surface area (Å²) in [6.07, 6.45) is 3.40. The van der Waals surface area contributed by atoms with Gasteiger partial charge in [0.1, 0.15) is 5.75 Å². The summed E-state index contributed by atoms with van der Waals surface area (Å²) in [7, 11) is 1.85. The Morgan fingerprint density at radius 1 is 1.21 bits per heavy atom. The van der Waals surface area contributed by atoms with Gasteiger partial charge >= 0.3 is 0 Å². The summed E-state index contributed by atoms with van der Waals surface area (Å²) >= 11 is 0. The third kappa shape index (κ3) is 3.69. The van der Waals surface area contributed by atoms with Crippen LogP contribution < -0.4 is 27.2 Å². The normalized spacial score (nSPS) is 14.9. The number of hydrogen-bond donors (Lipinski definition) is 5. The van der Waals surface area contributed by atoms with Crippen LogP contribution in [0.1, 0.15) is 11.3 Å². The Bertz CT molecular complexity index is 1390. The van der Waals surface area contributed by atoms with Gasteiger partial charge in [0.2, 0.25) is 0 Å². The van der Waals surface area contributed by atoms with Gasteiger partial charge in [0, 0.05) is 67.6 Å². The Morgan fingerprint density at radius 2 is 2.00 bits per heavy atom. The molecule has 2 aromatic heterocycles. The van der Waals surface area contributed by atoms with Gasteiger partial charge in [0.15, 0.2) is 5.82 Å². The number of aryl methyl sites for hydroxylation is 2. The number of nitrogens with zero attached hydrogens (tertiary/aromatic N) is 5. The lowest BCUT2D eigenvalue weighted by atomic mass is 10.0. The summed E-state index contributed by atoms with van der Waals surface area (Å²) in [6, 6.07) is 7.94. The van der Waals surface area contributed by atoms with Crippen molar-refractivity contribution in [3.05, 3.63) is 47.9 Å². The van der Waals surface area contributed by atoms with Crippen LogP contribution in [-0.2, 0) is 7.05 Å². The number of fused-ring (bicyclic) bond motifs is 2. The minimum Gasteiger partial charge on any atom is -0.507 e. The van der Waals surface area contributed by atoms with Gasteiger partial charge < -0.3 is 26.5 Å². The number of aromatic hydroxyl groups is 1. The van der Waals surface area contributed by atoms with Crippen molar-refractivity contribution in [1.82, 2.24) is 30.5 Å². The molecule has 5 rings (SSSR count). The van der Waals surface area contributed by atoms with Crippen molar-refractivity contribution >= 4 is 33.2 Å². The summed E-state index contributed by atoms with van der Waals surface area (Å²) in [5.74, 6) is 5.98. The molecule has 0 spiro atoms. The molecular weight excluding hydrogens is 418 g/mol. The first kappa shape index (κ1) is 21.0. The molecule has 0 atom stereocenters. The molecule has 0 unspecified atom stereocenters. The van der Waals surface area contributed by atoms with Crippen LogP contribution in [0.2, 0.25) is 0 Å². The van der Waals surface area contributed by atoms with Gasteiger partial charge in [-0.3, -0.25) is 10.5 Å². The second kappa shape index (κ2) is 8.23. The highest BCUT2D eigenvalue weighted by Crippen LogP contribution is 2.37. The average Bonchev–Trinajstić information content (AvgIpc) is 3.21. The summed E-state index contributed by atoms with van der Waals surface area (Å²) in [5.41, 5.74) is 13.5. The number of piperazine rings is 1. The number of benzene rings is 2. The van der Waals surface area contributed by atoms with E-state index >= 15 is 0 Å². The fourth-order valence-electron chi connectivity index (χ4n) is 4.35. The molecule has 0 saturated carbocycles. The fraction of sp³-hybridized carbons (Fsp3) is 0.261. The lowest BCUT2D eigenvalue weighted by Gasteiger charge is -2.29. The van der Waals surface area contributed by atoms with Gasteiger partial charge in [0.25, 0.3) is 0 Å². The first-order chi connectivity index (χ1) is 16.0. The maximum Gasteiger partial charge on any atom is 0.164 e. The van der Waals surface area contributed by atoms with Crippen LogP contribution in [0, 0.1) is 6.92 Å². The van der Waals surface area contributed by atoms with Crippen LogP contribution >= 0.6 is 0 Å². The van der Waals surface area contributed by atoms with E-state index in [1.54, 1.807) is 4.68 Å². The van der Waals surface area contributed by atoms with E-state index in [1.165, 1.54) is 6.20 Å². The zero-order valence-corrected chi connectivity index (χ0v) is 18.6. The van der Waals surface area contributed by atoms with Gasteiger partial charge in [-0.1, -0.05) is 0 Å². The molecule has 3 heterocycles.